The van der Waals surface area contributed by atoms with Gasteiger partial charge in [0.05, 0.1) is 17.4 Å². The molecule has 13 heteroatoms. The van der Waals surface area contributed by atoms with Crippen molar-refractivity contribution in [2.45, 2.75) is 30.2 Å². The second-order valence-corrected chi connectivity index (χ2v) is 11.3. The third-order valence-electron chi connectivity index (χ3n) is 7.05. The van der Waals surface area contributed by atoms with E-state index in [4.69, 9.17) is 5.73 Å². The van der Waals surface area contributed by atoms with Gasteiger partial charge in [0.25, 0.3) is 5.91 Å². The molecule has 1 aromatic carbocycles. The Morgan fingerprint density at radius 1 is 1.26 bits per heavy atom. The van der Waals surface area contributed by atoms with Crippen molar-refractivity contribution in [2.75, 3.05) is 14.1 Å². The van der Waals surface area contributed by atoms with Crippen LogP contribution in [0.2, 0.25) is 0 Å². The number of Topliss-reactive ketones (excluding diaryl/α,β-unsaturated/α-hetero) is 2. The molecule has 0 fully saturated rings. The number of allylic oxidation sites excluding steroid dienone is 1. The van der Waals surface area contributed by atoms with Gasteiger partial charge in [-0.2, -0.15) is 0 Å². The number of phenolic OH excluding ortho intramolecular Hbond substituents is 1. The maximum atomic E-state index is 13.6. The minimum atomic E-state index is -2.91. The number of benzene rings is 1. The van der Waals surface area contributed by atoms with E-state index in [1.165, 1.54) is 11.0 Å². The number of primary amides is 1. The van der Waals surface area contributed by atoms with Crippen molar-refractivity contribution in [1.29, 1.82) is 0 Å². The van der Waals surface area contributed by atoms with Crippen molar-refractivity contribution in [3.8, 4) is 5.75 Å². The molecule has 0 spiro atoms. The Hall–Kier alpha value is -2.49. The predicted molar refractivity (Wildman–Crippen MR) is 130 cm³/mol. The summed E-state index contributed by atoms with van der Waals surface area (Å²) in [5.41, 5.74) is 1.66. The number of hydrogen-bond acceptors (Lipinski definition) is 10. The molecule has 0 bridgehead atoms. The van der Waals surface area contributed by atoms with Crippen molar-refractivity contribution in [1.82, 2.24) is 4.90 Å². The van der Waals surface area contributed by atoms with Gasteiger partial charge in [0.1, 0.15) is 33.5 Å². The minimum Gasteiger partial charge on any atom is -0.510 e. The third kappa shape index (κ3) is 3.58. The molecule has 0 unspecified atom stereocenters. The molecule has 3 aliphatic carbocycles. The summed E-state index contributed by atoms with van der Waals surface area (Å²) in [6.07, 6.45) is 0.126. The number of ketones is 2. The number of nitrogens with two attached hydrogens (primary N) is 1. The van der Waals surface area contributed by atoms with Crippen LogP contribution in [0.5, 0.6) is 5.75 Å². The van der Waals surface area contributed by atoms with Crippen molar-refractivity contribution < 1.29 is 43.2 Å². The van der Waals surface area contributed by atoms with Crippen LogP contribution in [0.15, 0.2) is 28.7 Å². The number of hydrogen-bond donors (Lipinski definition) is 6. The van der Waals surface area contributed by atoms with Crippen LogP contribution in [0.4, 0.5) is 0 Å². The smallest absolute Gasteiger partial charge is 0.255 e. The number of aliphatic hydroxyl groups excluding tert-OH is 2. The molecule has 0 aromatic heterocycles. The zero-order valence-corrected chi connectivity index (χ0v) is 21.7. The van der Waals surface area contributed by atoms with Gasteiger partial charge in [0, 0.05) is 20.6 Å². The average molecular weight is 618 g/mol. The van der Waals surface area contributed by atoms with E-state index >= 15 is 0 Å². The van der Waals surface area contributed by atoms with Crippen LogP contribution in [0, 0.1) is 15.4 Å². The van der Waals surface area contributed by atoms with Crippen molar-refractivity contribution in [3.05, 3.63) is 49.0 Å². The summed E-state index contributed by atoms with van der Waals surface area (Å²) in [4.78, 5) is 40.3. The summed E-state index contributed by atoms with van der Waals surface area (Å²) in [5, 5.41) is 44.2. The maximum absolute atomic E-state index is 13.6. The number of amides is 1. The SMILES string of the molecule is CN(C)[C@@H]1C(O)=C(C(N)=O)C(=O)[C@@]2(O)C(O)=C3C(=O)c4c(O)c(C[SH](=O)=O)cc(I)c4C[C@H]3C[C@@H]12. The number of carbonyl (C=O) groups excluding carboxylic acids is 3. The molecule has 1 aromatic rings. The zero-order valence-electron chi connectivity index (χ0n) is 18.6. The maximum Gasteiger partial charge on any atom is 0.255 e. The Kier molecular flexibility index (Phi) is 6.27. The largest absolute Gasteiger partial charge is 0.510 e. The topological polar surface area (TPSA) is 196 Å². The summed E-state index contributed by atoms with van der Waals surface area (Å²) in [5.74, 6) is -7.91. The molecule has 188 valence electrons. The van der Waals surface area contributed by atoms with Gasteiger partial charge in [-0.1, -0.05) is 0 Å². The highest BCUT2D eigenvalue weighted by Crippen LogP contribution is 2.52. The van der Waals surface area contributed by atoms with Gasteiger partial charge in [0.15, 0.2) is 11.4 Å². The fourth-order valence-corrected chi connectivity index (χ4v) is 6.97. The predicted octanol–water partition coefficient (Wildman–Crippen LogP) is -0.163. The van der Waals surface area contributed by atoms with E-state index in [-0.39, 0.29) is 29.5 Å². The first-order valence-electron chi connectivity index (χ1n) is 10.5. The summed E-state index contributed by atoms with van der Waals surface area (Å²) >= 11 is 1.93. The number of nitrogens with zero attached hydrogens (tertiary/aromatic N) is 1. The highest BCUT2D eigenvalue weighted by molar-refractivity contribution is 14.1. The highest BCUT2D eigenvalue weighted by atomic mass is 127. The Balaban J connectivity index is 1.96. The van der Waals surface area contributed by atoms with E-state index in [1.807, 2.05) is 22.6 Å². The lowest BCUT2D eigenvalue weighted by atomic mass is 9.58. The quantitative estimate of drug-likeness (QED) is 0.150. The summed E-state index contributed by atoms with van der Waals surface area (Å²) in [7, 11) is 0.198. The number of halogens is 1. The molecule has 0 aliphatic heterocycles. The number of thiol groups is 1. The van der Waals surface area contributed by atoms with Crippen molar-refractivity contribution in [2.24, 2.45) is 17.6 Å². The molecule has 35 heavy (non-hydrogen) atoms. The zero-order chi connectivity index (χ0) is 26.1. The van der Waals surface area contributed by atoms with Crippen LogP contribution in [-0.4, -0.2) is 77.0 Å². The monoisotopic (exact) mass is 618 g/mol. The van der Waals surface area contributed by atoms with Crippen LogP contribution >= 0.6 is 22.6 Å². The van der Waals surface area contributed by atoms with Gasteiger partial charge in [-0.05, 0) is 67.1 Å². The van der Waals surface area contributed by atoms with Crippen LogP contribution in [0.25, 0.3) is 0 Å². The number of rotatable bonds is 4. The van der Waals surface area contributed by atoms with Gasteiger partial charge in [0.2, 0.25) is 5.78 Å². The number of phenols is 1. The van der Waals surface area contributed by atoms with Crippen LogP contribution < -0.4 is 5.73 Å². The molecule has 1 amide bonds. The second-order valence-electron chi connectivity index (χ2n) is 9.17. The lowest BCUT2D eigenvalue weighted by Crippen LogP contribution is -2.63. The molecule has 6 N–H and O–H groups in total. The van der Waals surface area contributed by atoms with Gasteiger partial charge in [-0.25, -0.2) is 8.42 Å². The number of carbonyl (C=O) groups is 3. The Morgan fingerprint density at radius 2 is 1.89 bits per heavy atom. The number of likely N-dealkylation sites (N-methyl/N-ethyl adjacent to an activating group) is 1. The number of aliphatic hydroxyl groups is 3. The second kappa shape index (κ2) is 8.57. The van der Waals surface area contributed by atoms with E-state index in [9.17, 15) is 43.2 Å². The molecular formula is C22H23IN2O9S. The molecule has 4 atom stereocenters. The molecule has 3 aliphatic rings. The summed E-state index contributed by atoms with van der Waals surface area (Å²) in [6.45, 7) is 0. The molecule has 0 saturated carbocycles. The Bertz CT molecular complexity index is 1340. The van der Waals surface area contributed by atoms with Gasteiger partial charge in [-0.15, -0.1) is 0 Å². The molecule has 0 heterocycles. The highest BCUT2D eigenvalue weighted by Gasteiger charge is 2.63. The first-order chi connectivity index (χ1) is 16.2. The van der Waals surface area contributed by atoms with E-state index in [0.717, 1.165) is 0 Å². The van der Waals surface area contributed by atoms with E-state index < -0.39 is 80.3 Å². The first kappa shape index (κ1) is 25.6. The summed E-state index contributed by atoms with van der Waals surface area (Å²) < 4.78 is 23.0. The number of aromatic hydroxyl groups is 1. The third-order valence-corrected chi connectivity index (χ3v) is 8.61. The van der Waals surface area contributed by atoms with Gasteiger partial charge in [-0.3, -0.25) is 19.3 Å². The Labute approximate surface area is 215 Å². The Morgan fingerprint density at radius 3 is 2.43 bits per heavy atom. The normalized spacial score (nSPS) is 28.3. The minimum absolute atomic E-state index is 0.00818. The first-order valence-corrected chi connectivity index (χ1v) is 13.0. The average Bonchev–Trinajstić information content (AvgIpc) is 2.73. The van der Waals surface area contributed by atoms with Crippen molar-refractivity contribution in [3.63, 3.8) is 0 Å². The lowest BCUT2D eigenvalue weighted by Gasteiger charge is -2.50. The standard InChI is InChI=1S/C22H23IN2O9S/c1-25(2)15-10-4-7-3-9-11(23)5-8(6-35(33)34)16(26)13(9)17(27)12(7)19(29)22(10,32)20(30)14(18(15)28)21(24)31/h5,7,10,15,26,28-29,32,35H,3-4,6H2,1-2H3,(H2,24,31)/t7-,10-,15-,22-/m0/s1. The van der Waals surface area contributed by atoms with Crippen LogP contribution in [0.1, 0.15) is 27.9 Å². The fourth-order valence-electron chi connectivity index (χ4n) is 5.58. The van der Waals surface area contributed by atoms with E-state index in [2.05, 4.69) is 0 Å². The summed E-state index contributed by atoms with van der Waals surface area (Å²) in [6, 6.07) is 0.407. The lowest BCUT2D eigenvalue weighted by molar-refractivity contribution is -0.148. The van der Waals surface area contributed by atoms with Gasteiger partial charge < -0.3 is 26.2 Å². The molecule has 11 nitrogen and oxygen atoms in total. The fraction of sp³-hybridized carbons (Fsp3) is 0.409. The molecule has 0 radical (unpaired) electrons. The van der Waals surface area contributed by atoms with E-state index in [0.29, 0.717) is 9.13 Å². The van der Waals surface area contributed by atoms with Crippen molar-refractivity contribution >= 4 is 50.8 Å². The molecule has 0 saturated heterocycles. The number of fused-ring (bicyclic) bond motifs is 3. The van der Waals surface area contributed by atoms with Gasteiger partial charge >= 0.3 is 0 Å². The van der Waals surface area contributed by atoms with Crippen LogP contribution in [0.3, 0.4) is 0 Å². The molecular weight excluding hydrogens is 595 g/mol. The molecule has 4 rings (SSSR count). The van der Waals surface area contributed by atoms with E-state index in [1.54, 1.807) is 14.1 Å². The van der Waals surface area contributed by atoms with Crippen LogP contribution in [-0.2, 0) is 32.5 Å².